The Morgan fingerprint density at radius 3 is 2.82 bits per heavy atom. The van der Waals surface area contributed by atoms with Gasteiger partial charge in [0, 0.05) is 18.0 Å². The van der Waals surface area contributed by atoms with E-state index in [0.29, 0.717) is 23.6 Å². The number of methoxy groups -OCH3 is 1. The average Bonchev–Trinajstić information content (AvgIpc) is 3.30. The first kappa shape index (κ1) is 16.8. The molecule has 1 amide bonds. The van der Waals surface area contributed by atoms with Gasteiger partial charge in [-0.05, 0) is 48.2 Å². The van der Waals surface area contributed by atoms with Gasteiger partial charge in [-0.2, -0.15) is 0 Å². The maximum Gasteiger partial charge on any atom is 0.260 e. The lowest BCUT2D eigenvalue weighted by atomic mass is 10.1. The van der Waals surface area contributed by atoms with Crippen molar-refractivity contribution in [3.63, 3.8) is 0 Å². The van der Waals surface area contributed by atoms with Crippen LogP contribution in [0.5, 0.6) is 11.5 Å². The molecule has 0 spiro atoms. The van der Waals surface area contributed by atoms with Crippen molar-refractivity contribution in [2.75, 3.05) is 12.0 Å². The fourth-order valence-electron chi connectivity index (χ4n) is 4.05. The topological polar surface area (TPSA) is 51.7 Å². The molecule has 0 fully saturated rings. The number of hydrogen-bond donors (Lipinski definition) is 0. The van der Waals surface area contributed by atoms with Crippen LogP contribution in [0, 0.1) is 0 Å². The standard InChI is InChI=1S/C23H20N2O3/c1-27-21-11-9-16(25-14-19-18(23(25)26)7-4-12-24-19)13-22(21)28-20-10-8-15-5-2-3-6-17(15)20/h2-7,9,11-13,20H,8,10,14H2,1H3. The number of carbonyl (C=O) groups is 1. The van der Waals surface area contributed by atoms with E-state index in [1.165, 1.54) is 11.1 Å². The van der Waals surface area contributed by atoms with Crippen molar-refractivity contribution >= 4 is 11.6 Å². The van der Waals surface area contributed by atoms with Crippen molar-refractivity contribution < 1.29 is 14.3 Å². The zero-order chi connectivity index (χ0) is 19.1. The number of hydrogen-bond acceptors (Lipinski definition) is 4. The van der Waals surface area contributed by atoms with Gasteiger partial charge in [0.15, 0.2) is 11.5 Å². The van der Waals surface area contributed by atoms with Gasteiger partial charge < -0.3 is 14.4 Å². The zero-order valence-electron chi connectivity index (χ0n) is 15.6. The highest BCUT2D eigenvalue weighted by atomic mass is 16.5. The molecule has 2 aromatic carbocycles. The van der Waals surface area contributed by atoms with Crippen LogP contribution in [0.3, 0.4) is 0 Å². The number of anilines is 1. The van der Waals surface area contributed by atoms with E-state index in [9.17, 15) is 4.79 Å². The quantitative estimate of drug-likeness (QED) is 0.685. The normalized spacial score (nSPS) is 17.4. The SMILES string of the molecule is COc1ccc(N2Cc3ncccc3C2=O)cc1OC1CCc2ccccc21. The Bertz CT molecular complexity index is 1060. The number of ether oxygens (including phenoxy) is 2. The highest BCUT2D eigenvalue weighted by Gasteiger charge is 2.30. The van der Waals surface area contributed by atoms with Crippen molar-refractivity contribution in [2.45, 2.75) is 25.5 Å². The summed E-state index contributed by atoms with van der Waals surface area (Å²) in [6.45, 7) is 0.465. The highest BCUT2D eigenvalue weighted by Crippen LogP contribution is 2.40. The summed E-state index contributed by atoms with van der Waals surface area (Å²) in [5.74, 6) is 1.28. The average molecular weight is 372 g/mol. The first-order valence-corrected chi connectivity index (χ1v) is 9.43. The molecule has 0 saturated heterocycles. The molecule has 1 unspecified atom stereocenters. The van der Waals surface area contributed by atoms with Crippen molar-refractivity contribution in [1.82, 2.24) is 4.98 Å². The van der Waals surface area contributed by atoms with E-state index in [-0.39, 0.29) is 12.0 Å². The third kappa shape index (κ3) is 2.71. The van der Waals surface area contributed by atoms with Crippen molar-refractivity contribution in [3.05, 3.63) is 83.2 Å². The predicted octanol–water partition coefficient (Wildman–Crippen LogP) is 4.32. The van der Waals surface area contributed by atoms with Crippen molar-refractivity contribution in [3.8, 4) is 11.5 Å². The Morgan fingerprint density at radius 1 is 1.07 bits per heavy atom. The van der Waals surface area contributed by atoms with E-state index in [2.05, 4.69) is 23.2 Å². The van der Waals surface area contributed by atoms with Crippen LogP contribution in [0.25, 0.3) is 0 Å². The summed E-state index contributed by atoms with van der Waals surface area (Å²) in [5, 5.41) is 0. The maximum absolute atomic E-state index is 12.8. The number of benzene rings is 2. The summed E-state index contributed by atoms with van der Waals surface area (Å²) in [6, 6.07) is 17.6. The van der Waals surface area contributed by atoms with Crippen LogP contribution in [0.4, 0.5) is 5.69 Å². The first-order chi connectivity index (χ1) is 13.7. The Morgan fingerprint density at radius 2 is 1.96 bits per heavy atom. The lowest BCUT2D eigenvalue weighted by Gasteiger charge is -2.21. The Hall–Kier alpha value is -3.34. The molecule has 3 aromatic rings. The number of pyridine rings is 1. The predicted molar refractivity (Wildman–Crippen MR) is 106 cm³/mol. The molecule has 1 aliphatic carbocycles. The van der Waals surface area contributed by atoms with Crippen LogP contribution < -0.4 is 14.4 Å². The molecule has 28 heavy (non-hydrogen) atoms. The molecule has 1 aliphatic heterocycles. The van der Waals surface area contributed by atoms with E-state index < -0.39 is 0 Å². The summed E-state index contributed by atoms with van der Waals surface area (Å²) in [6.07, 6.45) is 3.66. The molecular formula is C23H20N2O3. The maximum atomic E-state index is 12.8. The molecule has 1 aromatic heterocycles. The van der Waals surface area contributed by atoms with Gasteiger partial charge in [0.25, 0.3) is 5.91 Å². The lowest BCUT2D eigenvalue weighted by Crippen LogP contribution is -2.23. The lowest BCUT2D eigenvalue weighted by molar-refractivity contribution is 0.0996. The first-order valence-electron chi connectivity index (χ1n) is 9.43. The minimum atomic E-state index is -0.0366. The minimum absolute atomic E-state index is 0.00602. The van der Waals surface area contributed by atoms with E-state index in [4.69, 9.17) is 9.47 Å². The molecule has 140 valence electrons. The fraction of sp³-hybridized carbons (Fsp3) is 0.217. The number of fused-ring (bicyclic) bond motifs is 2. The Kier molecular flexibility index (Phi) is 4.01. The number of rotatable bonds is 4. The molecule has 5 nitrogen and oxygen atoms in total. The summed E-state index contributed by atoms with van der Waals surface area (Å²) in [4.78, 5) is 18.8. The summed E-state index contributed by atoms with van der Waals surface area (Å²) >= 11 is 0. The molecule has 2 aliphatic rings. The van der Waals surface area contributed by atoms with Gasteiger partial charge in [-0.3, -0.25) is 9.78 Å². The second-order valence-corrected chi connectivity index (χ2v) is 7.07. The van der Waals surface area contributed by atoms with Crippen LogP contribution in [-0.4, -0.2) is 18.0 Å². The smallest absolute Gasteiger partial charge is 0.260 e. The number of nitrogens with zero attached hydrogens (tertiary/aromatic N) is 2. The molecule has 5 rings (SSSR count). The largest absolute Gasteiger partial charge is 0.493 e. The molecular weight excluding hydrogens is 352 g/mol. The number of amides is 1. The third-order valence-electron chi connectivity index (χ3n) is 5.48. The van der Waals surface area contributed by atoms with Gasteiger partial charge in [0.05, 0.1) is 24.9 Å². The summed E-state index contributed by atoms with van der Waals surface area (Å²) < 4.78 is 11.9. The molecule has 0 N–H and O–H groups in total. The van der Waals surface area contributed by atoms with Gasteiger partial charge >= 0.3 is 0 Å². The van der Waals surface area contributed by atoms with Gasteiger partial charge in [-0.15, -0.1) is 0 Å². The monoisotopic (exact) mass is 372 g/mol. The number of aromatic nitrogens is 1. The van der Waals surface area contributed by atoms with E-state index in [1.54, 1.807) is 24.3 Å². The van der Waals surface area contributed by atoms with Crippen LogP contribution in [0.2, 0.25) is 0 Å². The molecule has 1 atom stereocenters. The zero-order valence-corrected chi connectivity index (χ0v) is 15.6. The minimum Gasteiger partial charge on any atom is -0.493 e. The highest BCUT2D eigenvalue weighted by molar-refractivity contribution is 6.09. The van der Waals surface area contributed by atoms with Gasteiger partial charge in [-0.1, -0.05) is 24.3 Å². The van der Waals surface area contributed by atoms with E-state index in [1.807, 2.05) is 30.3 Å². The van der Waals surface area contributed by atoms with Crippen molar-refractivity contribution in [2.24, 2.45) is 0 Å². The van der Waals surface area contributed by atoms with Crippen LogP contribution in [0.1, 0.15) is 39.7 Å². The van der Waals surface area contributed by atoms with Crippen LogP contribution >= 0.6 is 0 Å². The molecule has 5 heteroatoms. The second-order valence-electron chi connectivity index (χ2n) is 7.07. The van der Waals surface area contributed by atoms with E-state index >= 15 is 0 Å². The number of carbonyl (C=O) groups excluding carboxylic acids is 1. The van der Waals surface area contributed by atoms with Gasteiger partial charge in [0.1, 0.15) is 6.10 Å². The van der Waals surface area contributed by atoms with Gasteiger partial charge in [0.2, 0.25) is 0 Å². The molecule has 0 bridgehead atoms. The van der Waals surface area contributed by atoms with Gasteiger partial charge in [-0.25, -0.2) is 0 Å². The van der Waals surface area contributed by atoms with Crippen LogP contribution in [-0.2, 0) is 13.0 Å². The van der Waals surface area contributed by atoms with Crippen LogP contribution in [0.15, 0.2) is 60.8 Å². The Labute approximate surface area is 163 Å². The molecule has 2 heterocycles. The number of aryl methyl sites for hydroxylation is 1. The molecule has 0 radical (unpaired) electrons. The Balaban J connectivity index is 1.46. The van der Waals surface area contributed by atoms with E-state index in [0.717, 1.165) is 24.2 Å². The second kappa shape index (κ2) is 6.68. The fourth-order valence-corrected chi connectivity index (χ4v) is 4.05. The summed E-state index contributed by atoms with van der Waals surface area (Å²) in [7, 11) is 1.63. The third-order valence-corrected chi connectivity index (χ3v) is 5.48. The molecule has 0 saturated carbocycles. The summed E-state index contributed by atoms with van der Waals surface area (Å²) in [5.41, 5.74) is 4.80. The van der Waals surface area contributed by atoms with Crippen molar-refractivity contribution in [1.29, 1.82) is 0 Å².